The van der Waals surface area contributed by atoms with Gasteiger partial charge in [-0.15, -0.1) is 0 Å². The van der Waals surface area contributed by atoms with E-state index < -0.39 is 0 Å². The van der Waals surface area contributed by atoms with E-state index in [9.17, 15) is 9.59 Å². The number of hydrogen-bond donors (Lipinski definition) is 0. The maximum Gasteiger partial charge on any atom is 0.237 e. The standard InChI is InChI=1S/C21H30BNO2/c1-5-6-7-8-9-16-14-19(24)23(20(16)25)18-12-10-17(11-13-18)21(3,4)15(2)22/h10-13,15-16H,5-9,14H2,1-4H3. The third-order valence-electron chi connectivity index (χ3n) is 5.65. The lowest BCUT2D eigenvalue weighted by molar-refractivity contribution is -0.122. The lowest BCUT2D eigenvalue weighted by Gasteiger charge is -2.30. The van der Waals surface area contributed by atoms with Crippen molar-refractivity contribution in [3.8, 4) is 0 Å². The van der Waals surface area contributed by atoms with E-state index in [4.69, 9.17) is 7.85 Å². The monoisotopic (exact) mass is 339 g/mol. The molecule has 0 bridgehead atoms. The fourth-order valence-electron chi connectivity index (χ4n) is 3.31. The fourth-order valence-corrected chi connectivity index (χ4v) is 3.31. The Kier molecular flexibility index (Phi) is 6.48. The van der Waals surface area contributed by atoms with Crippen LogP contribution in [0, 0.1) is 5.92 Å². The molecule has 3 nitrogen and oxygen atoms in total. The molecule has 0 saturated carbocycles. The number of amides is 2. The number of unbranched alkanes of at least 4 members (excludes halogenated alkanes) is 3. The first-order valence-corrected chi connectivity index (χ1v) is 9.52. The molecule has 4 heteroatoms. The lowest BCUT2D eigenvalue weighted by Crippen LogP contribution is -2.30. The molecule has 1 fully saturated rings. The molecule has 0 N–H and O–H groups in total. The van der Waals surface area contributed by atoms with E-state index >= 15 is 0 Å². The minimum atomic E-state index is -0.153. The van der Waals surface area contributed by atoms with Crippen molar-refractivity contribution in [1.29, 1.82) is 0 Å². The average Bonchev–Trinajstić information content (AvgIpc) is 2.85. The minimum absolute atomic E-state index is 0.0147. The Hall–Kier alpha value is -1.58. The largest absolute Gasteiger partial charge is 0.274 e. The molecule has 1 aliphatic heterocycles. The molecule has 0 spiro atoms. The molecule has 1 heterocycles. The van der Waals surface area contributed by atoms with Crippen molar-refractivity contribution >= 4 is 25.3 Å². The highest BCUT2D eigenvalue weighted by molar-refractivity contribution is 6.20. The molecule has 1 aromatic carbocycles. The van der Waals surface area contributed by atoms with E-state index in [2.05, 4.69) is 20.8 Å². The Morgan fingerprint density at radius 2 is 1.80 bits per heavy atom. The van der Waals surface area contributed by atoms with Crippen LogP contribution in [-0.4, -0.2) is 19.7 Å². The van der Waals surface area contributed by atoms with Gasteiger partial charge in [-0.1, -0.05) is 71.3 Å². The molecular weight excluding hydrogens is 309 g/mol. The van der Waals surface area contributed by atoms with Gasteiger partial charge in [-0.25, -0.2) is 0 Å². The zero-order chi connectivity index (χ0) is 18.6. The minimum Gasteiger partial charge on any atom is -0.274 e. The van der Waals surface area contributed by atoms with Crippen LogP contribution in [0.3, 0.4) is 0 Å². The Morgan fingerprint density at radius 3 is 2.36 bits per heavy atom. The molecule has 134 valence electrons. The van der Waals surface area contributed by atoms with Crippen LogP contribution >= 0.6 is 0 Å². The maximum atomic E-state index is 12.7. The smallest absolute Gasteiger partial charge is 0.237 e. The summed E-state index contributed by atoms with van der Waals surface area (Å²) in [5.41, 5.74) is 1.64. The van der Waals surface area contributed by atoms with E-state index in [1.807, 2.05) is 31.2 Å². The van der Waals surface area contributed by atoms with Crippen LogP contribution in [0.5, 0.6) is 0 Å². The summed E-state index contributed by atoms with van der Waals surface area (Å²) >= 11 is 0. The van der Waals surface area contributed by atoms with Crippen molar-refractivity contribution in [2.45, 2.75) is 77.5 Å². The molecule has 0 aliphatic carbocycles. The Morgan fingerprint density at radius 1 is 1.16 bits per heavy atom. The van der Waals surface area contributed by atoms with Crippen LogP contribution in [-0.2, 0) is 15.0 Å². The second kappa shape index (κ2) is 8.20. The van der Waals surface area contributed by atoms with Crippen molar-refractivity contribution in [3.05, 3.63) is 29.8 Å². The number of carbonyl (C=O) groups is 2. The zero-order valence-corrected chi connectivity index (χ0v) is 16.0. The van der Waals surface area contributed by atoms with Gasteiger partial charge in [-0.3, -0.25) is 14.5 Å². The summed E-state index contributed by atoms with van der Waals surface area (Å²) in [6.07, 6.45) is 5.68. The molecule has 1 saturated heterocycles. The van der Waals surface area contributed by atoms with E-state index in [0.717, 1.165) is 24.8 Å². The van der Waals surface area contributed by atoms with E-state index in [-0.39, 0.29) is 29.0 Å². The number of benzene rings is 1. The molecule has 2 amide bonds. The quantitative estimate of drug-likeness (QED) is 0.388. The summed E-state index contributed by atoms with van der Waals surface area (Å²) in [6.45, 7) is 8.36. The van der Waals surface area contributed by atoms with Gasteiger partial charge in [0.05, 0.1) is 13.5 Å². The third-order valence-corrected chi connectivity index (χ3v) is 5.65. The zero-order valence-electron chi connectivity index (χ0n) is 16.0. The van der Waals surface area contributed by atoms with Gasteiger partial charge >= 0.3 is 0 Å². The maximum absolute atomic E-state index is 12.7. The first kappa shape index (κ1) is 19.7. The first-order chi connectivity index (χ1) is 11.8. The number of anilines is 1. The second-order valence-electron chi connectivity index (χ2n) is 7.88. The summed E-state index contributed by atoms with van der Waals surface area (Å²) in [6, 6.07) is 7.70. The van der Waals surface area contributed by atoms with Gasteiger partial charge in [-0.05, 0) is 29.5 Å². The second-order valence-corrected chi connectivity index (χ2v) is 7.88. The highest BCUT2D eigenvalue weighted by Crippen LogP contribution is 2.35. The van der Waals surface area contributed by atoms with Gasteiger partial charge in [0.25, 0.3) is 0 Å². The Bertz CT molecular complexity index is 607. The van der Waals surface area contributed by atoms with Crippen molar-refractivity contribution in [3.63, 3.8) is 0 Å². The number of nitrogens with zero attached hydrogens (tertiary/aromatic N) is 1. The summed E-state index contributed by atoms with van der Waals surface area (Å²) in [7, 11) is 6.07. The molecule has 1 aliphatic rings. The molecule has 2 atom stereocenters. The van der Waals surface area contributed by atoms with E-state index in [1.165, 1.54) is 17.7 Å². The number of carbonyl (C=O) groups excluding carboxylic acids is 2. The first-order valence-electron chi connectivity index (χ1n) is 9.52. The third kappa shape index (κ3) is 4.34. The average molecular weight is 339 g/mol. The fraction of sp³-hybridized carbons (Fsp3) is 0.619. The van der Waals surface area contributed by atoms with Gasteiger partial charge in [0, 0.05) is 12.3 Å². The number of imide groups is 1. The Labute approximate surface area is 153 Å². The normalized spacial score (nSPS) is 19.5. The number of hydrogen-bond acceptors (Lipinski definition) is 2. The van der Waals surface area contributed by atoms with Crippen molar-refractivity contribution in [1.82, 2.24) is 0 Å². The Balaban J connectivity index is 2.08. The van der Waals surface area contributed by atoms with Gasteiger partial charge in [0.15, 0.2) is 0 Å². The molecule has 0 aromatic heterocycles. The van der Waals surface area contributed by atoms with Gasteiger partial charge in [0.2, 0.25) is 11.8 Å². The van der Waals surface area contributed by atoms with Crippen molar-refractivity contribution in [2.75, 3.05) is 4.90 Å². The molecule has 25 heavy (non-hydrogen) atoms. The van der Waals surface area contributed by atoms with E-state index in [1.54, 1.807) is 0 Å². The van der Waals surface area contributed by atoms with Crippen LogP contribution in [0.2, 0.25) is 5.82 Å². The van der Waals surface area contributed by atoms with Crippen LogP contribution in [0.25, 0.3) is 0 Å². The lowest BCUT2D eigenvalue weighted by atomic mass is 9.65. The summed E-state index contributed by atoms with van der Waals surface area (Å²) in [5, 5.41) is 0. The van der Waals surface area contributed by atoms with E-state index in [0.29, 0.717) is 12.1 Å². The van der Waals surface area contributed by atoms with Gasteiger partial charge in [0.1, 0.15) is 0 Å². The van der Waals surface area contributed by atoms with Crippen LogP contribution in [0.1, 0.15) is 71.8 Å². The van der Waals surface area contributed by atoms with Gasteiger partial charge < -0.3 is 0 Å². The van der Waals surface area contributed by atoms with Crippen LogP contribution in [0.4, 0.5) is 5.69 Å². The van der Waals surface area contributed by atoms with Crippen molar-refractivity contribution < 1.29 is 9.59 Å². The topological polar surface area (TPSA) is 37.4 Å². The summed E-state index contributed by atoms with van der Waals surface area (Å²) in [5.74, 6) is -0.254. The highest BCUT2D eigenvalue weighted by Gasteiger charge is 2.39. The summed E-state index contributed by atoms with van der Waals surface area (Å²) in [4.78, 5) is 26.4. The molecule has 1 aromatic rings. The van der Waals surface area contributed by atoms with Crippen molar-refractivity contribution in [2.24, 2.45) is 5.92 Å². The predicted molar refractivity (Wildman–Crippen MR) is 104 cm³/mol. The SMILES string of the molecule is [B]C(C)C(C)(C)c1ccc(N2C(=O)CC(CCCCCC)C2=O)cc1. The number of rotatable bonds is 8. The molecule has 2 radical (unpaired) electrons. The predicted octanol–water partition coefficient (Wildman–Crippen LogP) is 4.79. The van der Waals surface area contributed by atoms with Crippen LogP contribution < -0.4 is 4.90 Å². The highest BCUT2D eigenvalue weighted by atomic mass is 16.2. The summed E-state index contributed by atoms with van der Waals surface area (Å²) < 4.78 is 0. The van der Waals surface area contributed by atoms with Gasteiger partial charge in [-0.2, -0.15) is 0 Å². The molecular formula is C21H30BNO2. The molecule has 2 rings (SSSR count). The molecule has 2 unspecified atom stereocenters. The van der Waals surface area contributed by atoms with Crippen LogP contribution in [0.15, 0.2) is 24.3 Å².